The van der Waals surface area contributed by atoms with Crippen LogP contribution in [0.1, 0.15) is 39.0 Å². The number of rotatable bonds is 2. The summed E-state index contributed by atoms with van der Waals surface area (Å²) in [5.74, 6) is 0.542. The van der Waals surface area contributed by atoms with Crippen molar-refractivity contribution >= 4 is 11.7 Å². The minimum Gasteiger partial charge on any atom is -0.350 e. The number of primary amides is 1. The zero-order chi connectivity index (χ0) is 9.68. The quantitative estimate of drug-likeness (QED) is 0.627. The number of carbonyl (C=O) groups is 1. The Hall–Kier alpha value is -1.06. The molecule has 1 fully saturated rings. The van der Waals surface area contributed by atoms with E-state index < -0.39 is 6.03 Å². The first-order chi connectivity index (χ1) is 6.24. The molecule has 0 aromatic heterocycles. The van der Waals surface area contributed by atoms with Crippen LogP contribution < -0.4 is 11.2 Å². The highest BCUT2D eigenvalue weighted by Crippen LogP contribution is 2.23. The van der Waals surface area contributed by atoms with Gasteiger partial charge in [0, 0.05) is 5.71 Å². The van der Waals surface area contributed by atoms with E-state index >= 15 is 0 Å². The average Bonchev–Trinajstić information content (AvgIpc) is 2.15. The van der Waals surface area contributed by atoms with Crippen molar-refractivity contribution in [2.45, 2.75) is 39.0 Å². The van der Waals surface area contributed by atoms with E-state index in [0.717, 1.165) is 18.6 Å². The monoisotopic (exact) mass is 183 g/mol. The van der Waals surface area contributed by atoms with Gasteiger partial charge in [0.05, 0.1) is 0 Å². The largest absolute Gasteiger partial charge is 0.350 e. The van der Waals surface area contributed by atoms with Gasteiger partial charge in [0.25, 0.3) is 0 Å². The van der Waals surface area contributed by atoms with Crippen molar-refractivity contribution in [2.75, 3.05) is 0 Å². The molecule has 0 spiro atoms. The SMILES string of the molecule is CCC1CCCCC1=NNC(N)=O. The third-order valence-corrected chi connectivity index (χ3v) is 2.51. The lowest BCUT2D eigenvalue weighted by Crippen LogP contribution is -2.28. The van der Waals surface area contributed by atoms with Crippen LogP contribution in [0.5, 0.6) is 0 Å². The van der Waals surface area contributed by atoms with E-state index in [1.54, 1.807) is 0 Å². The number of nitrogens with zero attached hydrogens (tertiary/aromatic N) is 1. The summed E-state index contributed by atoms with van der Waals surface area (Å²) in [5, 5.41) is 4.03. The normalized spacial score (nSPS) is 25.9. The highest BCUT2D eigenvalue weighted by Gasteiger charge is 2.18. The molecule has 1 unspecified atom stereocenters. The van der Waals surface area contributed by atoms with Crippen molar-refractivity contribution < 1.29 is 4.79 Å². The first kappa shape index (κ1) is 10.0. The molecule has 3 N–H and O–H groups in total. The van der Waals surface area contributed by atoms with Gasteiger partial charge in [0.2, 0.25) is 0 Å². The zero-order valence-electron chi connectivity index (χ0n) is 8.05. The van der Waals surface area contributed by atoms with Crippen LogP contribution in [0.2, 0.25) is 0 Å². The van der Waals surface area contributed by atoms with Gasteiger partial charge in [-0.1, -0.05) is 13.3 Å². The van der Waals surface area contributed by atoms with Gasteiger partial charge in [0.15, 0.2) is 0 Å². The Morgan fingerprint density at radius 1 is 1.69 bits per heavy atom. The third-order valence-electron chi connectivity index (χ3n) is 2.51. The molecule has 1 rings (SSSR count). The second kappa shape index (κ2) is 4.84. The fraction of sp³-hybridized carbons (Fsp3) is 0.778. The van der Waals surface area contributed by atoms with Gasteiger partial charge in [-0.15, -0.1) is 0 Å². The maximum absolute atomic E-state index is 10.4. The number of hydrazone groups is 1. The van der Waals surface area contributed by atoms with E-state index in [4.69, 9.17) is 5.73 Å². The fourth-order valence-electron chi connectivity index (χ4n) is 1.78. The van der Waals surface area contributed by atoms with Crippen molar-refractivity contribution in [1.29, 1.82) is 0 Å². The number of urea groups is 1. The molecule has 0 radical (unpaired) electrons. The Balaban J connectivity index is 2.52. The van der Waals surface area contributed by atoms with E-state index in [9.17, 15) is 4.79 Å². The molecule has 1 aliphatic carbocycles. The number of hydrogen-bond acceptors (Lipinski definition) is 2. The summed E-state index contributed by atoms with van der Waals surface area (Å²) >= 11 is 0. The molecule has 0 aromatic rings. The second-order valence-electron chi connectivity index (χ2n) is 3.43. The van der Waals surface area contributed by atoms with E-state index in [1.807, 2.05) is 0 Å². The number of carbonyl (C=O) groups excluding carboxylic acids is 1. The summed E-state index contributed by atoms with van der Waals surface area (Å²) in [7, 11) is 0. The lowest BCUT2D eigenvalue weighted by atomic mass is 9.86. The van der Waals surface area contributed by atoms with E-state index in [2.05, 4.69) is 17.5 Å². The lowest BCUT2D eigenvalue weighted by Gasteiger charge is -2.22. The second-order valence-corrected chi connectivity index (χ2v) is 3.43. The summed E-state index contributed by atoms with van der Waals surface area (Å²) in [6.07, 6.45) is 5.73. The van der Waals surface area contributed by atoms with Crippen LogP contribution in [0.3, 0.4) is 0 Å². The summed E-state index contributed by atoms with van der Waals surface area (Å²) < 4.78 is 0. The predicted molar refractivity (Wildman–Crippen MR) is 52.4 cm³/mol. The topological polar surface area (TPSA) is 67.5 Å². The number of hydrogen-bond donors (Lipinski definition) is 2. The Kier molecular flexibility index (Phi) is 3.73. The van der Waals surface area contributed by atoms with Crippen LogP contribution in [0.15, 0.2) is 5.10 Å². The maximum atomic E-state index is 10.4. The highest BCUT2D eigenvalue weighted by atomic mass is 16.2. The van der Waals surface area contributed by atoms with Crippen molar-refractivity contribution in [3.8, 4) is 0 Å². The molecule has 0 heterocycles. The molecule has 0 aromatic carbocycles. The Labute approximate surface area is 78.6 Å². The first-order valence-corrected chi connectivity index (χ1v) is 4.86. The van der Waals surface area contributed by atoms with Crippen molar-refractivity contribution in [1.82, 2.24) is 5.43 Å². The third kappa shape index (κ3) is 3.05. The van der Waals surface area contributed by atoms with Crippen LogP contribution in [0, 0.1) is 5.92 Å². The molecule has 13 heavy (non-hydrogen) atoms. The molecule has 0 saturated heterocycles. The van der Waals surface area contributed by atoms with Crippen molar-refractivity contribution in [3.63, 3.8) is 0 Å². The molecule has 1 atom stereocenters. The molecular formula is C9H17N3O. The summed E-state index contributed by atoms with van der Waals surface area (Å²) in [6, 6.07) is -0.576. The average molecular weight is 183 g/mol. The lowest BCUT2D eigenvalue weighted by molar-refractivity contribution is 0.249. The number of amides is 2. The van der Waals surface area contributed by atoms with Gasteiger partial charge in [-0.05, 0) is 31.6 Å². The smallest absolute Gasteiger partial charge is 0.332 e. The van der Waals surface area contributed by atoms with E-state index in [0.29, 0.717) is 5.92 Å². The molecule has 0 bridgehead atoms. The minimum atomic E-state index is -0.576. The molecule has 4 nitrogen and oxygen atoms in total. The molecule has 0 aliphatic heterocycles. The van der Waals surface area contributed by atoms with Gasteiger partial charge in [-0.3, -0.25) is 0 Å². The van der Waals surface area contributed by atoms with Gasteiger partial charge < -0.3 is 5.73 Å². The van der Waals surface area contributed by atoms with Crippen LogP contribution in [-0.4, -0.2) is 11.7 Å². The molecule has 74 valence electrons. The summed E-state index contributed by atoms with van der Waals surface area (Å²) in [4.78, 5) is 10.4. The van der Waals surface area contributed by atoms with Gasteiger partial charge in [0.1, 0.15) is 0 Å². The van der Waals surface area contributed by atoms with Gasteiger partial charge in [-0.25, -0.2) is 10.2 Å². The van der Waals surface area contributed by atoms with Crippen molar-refractivity contribution in [3.05, 3.63) is 0 Å². The van der Waals surface area contributed by atoms with Crippen LogP contribution in [0.4, 0.5) is 4.79 Å². The van der Waals surface area contributed by atoms with Crippen molar-refractivity contribution in [2.24, 2.45) is 16.8 Å². The Bertz CT molecular complexity index is 213. The zero-order valence-corrected chi connectivity index (χ0v) is 8.05. The van der Waals surface area contributed by atoms with Crippen LogP contribution >= 0.6 is 0 Å². The number of nitrogens with two attached hydrogens (primary N) is 1. The Morgan fingerprint density at radius 2 is 2.46 bits per heavy atom. The minimum absolute atomic E-state index is 0.542. The van der Waals surface area contributed by atoms with Gasteiger partial charge in [-0.2, -0.15) is 5.10 Å². The predicted octanol–water partition coefficient (Wildman–Crippen LogP) is 1.61. The van der Waals surface area contributed by atoms with Crippen LogP contribution in [-0.2, 0) is 0 Å². The Morgan fingerprint density at radius 3 is 3.08 bits per heavy atom. The summed E-state index contributed by atoms with van der Waals surface area (Å²) in [6.45, 7) is 2.15. The molecule has 4 heteroatoms. The molecular weight excluding hydrogens is 166 g/mol. The number of nitrogens with one attached hydrogen (secondary N) is 1. The standard InChI is InChI=1S/C9H17N3O/c1-2-7-5-3-4-6-8(7)11-12-9(10)13/h7H,2-6H2,1H3,(H3,10,12,13). The first-order valence-electron chi connectivity index (χ1n) is 4.86. The highest BCUT2D eigenvalue weighted by molar-refractivity contribution is 5.88. The van der Waals surface area contributed by atoms with E-state index in [-0.39, 0.29) is 0 Å². The fourth-order valence-corrected chi connectivity index (χ4v) is 1.78. The molecule has 1 saturated carbocycles. The molecule has 1 aliphatic rings. The van der Waals surface area contributed by atoms with Gasteiger partial charge >= 0.3 is 6.03 Å². The van der Waals surface area contributed by atoms with E-state index in [1.165, 1.54) is 19.3 Å². The maximum Gasteiger partial charge on any atom is 0.332 e. The summed E-state index contributed by atoms with van der Waals surface area (Å²) in [5.41, 5.74) is 8.35. The van der Waals surface area contributed by atoms with Crippen LogP contribution in [0.25, 0.3) is 0 Å². The molecule has 2 amide bonds.